The lowest BCUT2D eigenvalue weighted by atomic mass is 10.1. The van der Waals surface area contributed by atoms with Gasteiger partial charge in [0.2, 0.25) is 0 Å². The summed E-state index contributed by atoms with van der Waals surface area (Å²) < 4.78 is 26.2. The van der Waals surface area contributed by atoms with Gasteiger partial charge < -0.3 is 10.6 Å². The number of hydrogen-bond acceptors (Lipinski definition) is 1. The molecule has 0 heterocycles. The third-order valence-corrected chi connectivity index (χ3v) is 3.15. The van der Waals surface area contributed by atoms with Crippen molar-refractivity contribution >= 4 is 23.3 Å². The van der Waals surface area contributed by atoms with Crippen LogP contribution in [-0.2, 0) is 0 Å². The number of anilines is 1. The van der Waals surface area contributed by atoms with Crippen molar-refractivity contribution in [2.75, 3.05) is 5.32 Å². The molecule has 0 aliphatic heterocycles. The molecule has 1 atom stereocenters. The molecule has 0 radical (unpaired) electrons. The predicted octanol–water partition coefficient (Wildman–Crippen LogP) is 4.50. The van der Waals surface area contributed by atoms with Gasteiger partial charge in [0.15, 0.2) is 0 Å². The van der Waals surface area contributed by atoms with Gasteiger partial charge in [-0.05, 0) is 36.8 Å². The van der Waals surface area contributed by atoms with Crippen molar-refractivity contribution in [3.63, 3.8) is 0 Å². The second-order valence-electron chi connectivity index (χ2n) is 4.50. The van der Waals surface area contributed by atoms with Gasteiger partial charge in [0.25, 0.3) is 0 Å². The third-order valence-electron chi connectivity index (χ3n) is 2.90. The molecule has 0 aromatic heterocycles. The fraction of sp³-hybridized carbons (Fsp3) is 0.133. The Morgan fingerprint density at radius 2 is 1.81 bits per heavy atom. The van der Waals surface area contributed by atoms with Crippen molar-refractivity contribution in [3.05, 3.63) is 64.7 Å². The van der Waals surface area contributed by atoms with Crippen molar-refractivity contribution in [2.45, 2.75) is 13.0 Å². The van der Waals surface area contributed by atoms with Gasteiger partial charge in [-0.1, -0.05) is 23.7 Å². The fourth-order valence-electron chi connectivity index (χ4n) is 1.78. The van der Waals surface area contributed by atoms with Crippen LogP contribution < -0.4 is 10.6 Å². The van der Waals surface area contributed by atoms with Gasteiger partial charge in [0.05, 0.1) is 11.7 Å². The van der Waals surface area contributed by atoms with Crippen LogP contribution in [0.1, 0.15) is 18.5 Å². The Bertz CT molecular complexity index is 647. The molecule has 2 rings (SSSR count). The summed E-state index contributed by atoms with van der Waals surface area (Å²) in [5.41, 5.74) is 0.770. The largest absolute Gasteiger partial charge is 0.331 e. The standard InChI is InChI=1S/C15H13ClF2N2O/c1-9(10-2-4-11(16)5-3-10)19-15(21)20-14-7-6-12(17)8-13(14)18/h2-9H,1H3,(H2,19,20,21). The number of urea groups is 1. The van der Waals surface area contributed by atoms with E-state index in [1.165, 1.54) is 0 Å². The molecule has 2 amide bonds. The van der Waals surface area contributed by atoms with Gasteiger partial charge in [0, 0.05) is 11.1 Å². The van der Waals surface area contributed by atoms with E-state index < -0.39 is 17.7 Å². The molecule has 0 fully saturated rings. The Kier molecular flexibility index (Phi) is 4.75. The molecular formula is C15H13ClF2N2O. The lowest BCUT2D eigenvalue weighted by Crippen LogP contribution is -2.31. The van der Waals surface area contributed by atoms with E-state index >= 15 is 0 Å². The molecule has 0 saturated carbocycles. The number of nitrogens with one attached hydrogen (secondary N) is 2. The van der Waals surface area contributed by atoms with E-state index in [0.717, 1.165) is 17.7 Å². The van der Waals surface area contributed by atoms with Gasteiger partial charge >= 0.3 is 6.03 Å². The maximum absolute atomic E-state index is 13.4. The zero-order valence-corrected chi connectivity index (χ0v) is 11.9. The molecule has 0 saturated heterocycles. The first-order chi connectivity index (χ1) is 9.95. The smallest absolute Gasteiger partial charge is 0.319 e. The number of benzene rings is 2. The van der Waals surface area contributed by atoms with Gasteiger partial charge in [-0.25, -0.2) is 13.6 Å². The van der Waals surface area contributed by atoms with Gasteiger partial charge in [-0.3, -0.25) is 0 Å². The summed E-state index contributed by atoms with van der Waals surface area (Å²) in [6, 6.07) is 9.07. The molecule has 6 heteroatoms. The van der Waals surface area contributed by atoms with Crippen LogP contribution in [0.5, 0.6) is 0 Å². The average Bonchev–Trinajstić information content (AvgIpc) is 2.42. The van der Waals surface area contributed by atoms with Gasteiger partial charge in [-0.15, -0.1) is 0 Å². The fourth-order valence-corrected chi connectivity index (χ4v) is 1.91. The molecule has 2 aromatic carbocycles. The highest BCUT2D eigenvalue weighted by Gasteiger charge is 2.11. The number of carbonyl (C=O) groups excluding carboxylic acids is 1. The molecule has 0 bridgehead atoms. The van der Waals surface area contributed by atoms with E-state index in [-0.39, 0.29) is 11.7 Å². The first-order valence-electron chi connectivity index (χ1n) is 6.24. The second-order valence-corrected chi connectivity index (χ2v) is 4.93. The molecule has 21 heavy (non-hydrogen) atoms. The Hall–Kier alpha value is -2.14. The van der Waals surface area contributed by atoms with Crippen LogP contribution in [0.2, 0.25) is 5.02 Å². The van der Waals surface area contributed by atoms with Crippen LogP contribution in [0.3, 0.4) is 0 Å². The van der Waals surface area contributed by atoms with Crippen LogP contribution in [0.15, 0.2) is 42.5 Å². The van der Waals surface area contributed by atoms with Crippen LogP contribution in [0.4, 0.5) is 19.3 Å². The van der Waals surface area contributed by atoms with E-state index in [1.54, 1.807) is 31.2 Å². The highest BCUT2D eigenvalue weighted by Crippen LogP contribution is 2.17. The summed E-state index contributed by atoms with van der Waals surface area (Å²) in [5, 5.41) is 5.58. The predicted molar refractivity (Wildman–Crippen MR) is 78.4 cm³/mol. The molecule has 3 nitrogen and oxygen atoms in total. The Balaban J connectivity index is 1.99. The third kappa shape index (κ3) is 4.16. The number of amides is 2. The first-order valence-corrected chi connectivity index (χ1v) is 6.61. The lowest BCUT2D eigenvalue weighted by Gasteiger charge is -2.15. The minimum absolute atomic E-state index is 0.0859. The quantitative estimate of drug-likeness (QED) is 0.861. The molecule has 0 aliphatic carbocycles. The van der Waals surface area contributed by atoms with Crippen LogP contribution in [-0.4, -0.2) is 6.03 Å². The van der Waals surface area contributed by atoms with Crippen LogP contribution in [0.25, 0.3) is 0 Å². The van der Waals surface area contributed by atoms with Crippen LogP contribution >= 0.6 is 11.6 Å². The summed E-state index contributed by atoms with van der Waals surface area (Å²) in [6.07, 6.45) is 0. The summed E-state index contributed by atoms with van der Waals surface area (Å²) >= 11 is 5.79. The van der Waals surface area contributed by atoms with E-state index in [1.807, 2.05) is 0 Å². The molecule has 1 unspecified atom stereocenters. The molecule has 0 aliphatic rings. The van der Waals surface area contributed by atoms with Crippen LogP contribution in [0, 0.1) is 11.6 Å². The average molecular weight is 311 g/mol. The van der Waals surface area contributed by atoms with Gasteiger partial charge in [-0.2, -0.15) is 0 Å². The van der Waals surface area contributed by atoms with E-state index in [9.17, 15) is 13.6 Å². The SMILES string of the molecule is CC(NC(=O)Nc1ccc(F)cc1F)c1ccc(Cl)cc1. The van der Waals surface area contributed by atoms with Crippen molar-refractivity contribution in [2.24, 2.45) is 0 Å². The van der Waals surface area contributed by atoms with Crippen molar-refractivity contribution in [3.8, 4) is 0 Å². The minimum Gasteiger partial charge on any atom is -0.331 e. The number of rotatable bonds is 3. The number of hydrogen-bond donors (Lipinski definition) is 2. The zero-order chi connectivity index (χ0) is 15.4. The Labute approximate surface area is 125 Å². The Morgan fingerprint density at radius 1 is 1.14 bits per heavy atom. The van der Waals surface area contributed by atoms with E-state index in [2.05, 4.69) is 10.6 Å². The zero-order valence-electron chi connectivity index (χ0n) is 11.2. The van der Waals surface area contributed by atoms with Gasteiger partial charge in [0.1, 0.15) is 11.6 Å². The first kappa shape index (κ1) is 15.3. The highest BCUT2D eigenvalue weighted by atomic mass is 35.5. The summed E-state index contributed by atoms with van der Waals surface area (Å²) in [5.74, 6) is -1.53. The maximum Gasteiger partial charge on any atom is 0.319 e. The highest BCUT2D eigenvalue weighted by molar-refractivity contribution is 6.30. The summed E-state index contributed by atoms with van der Waals surface area (Å²) in [6.45, 7) is 1.78. The molecular weight excluding hydrogens is 298 g/mol. The second kappa shape index (κ2) is 6.54. The summed E-state index contributed by atoms with van der Waals surface area (Å²) in [4.78, 5) is 11.8. The van der Waals surface area contributed by atoms with E-state index in [0.29, 0.717) is 11.1 Å². The number of carbonyl (C=O) groups is 1. The normalized spacial score (nSPS) is 11.8. The van der Waals surface area contributed by atoms with Crippen molar-refractivity contribution < 1.29 is 13.6 Å². The maximum atomic E-state index is 13.4. The Morgan fingerprint density at radius 3 is 2.43 bits per heavy atom. The number of halogens is 3. The van der Waals surface area contributed by atoms with Crippen molar-refractivity contribution in [1.82, 2.24) is 5.32 Å². The minimum atomic E-state index is -0.829. The molecule has 2 aromatic rings. The molecule has 110 valence electrons. The molecule has 0 spiro atoms. The van der Waals surface area contributed by atoms with Crippen molar-refractivity contribution in [1.29, 1.82) is 0 Å². The molecule has 2 N–H and O–H groups in total. The topological polar surface area (TPSA) is 41.1 Å². The lowest BCUT2D eigenvalue weighted by molar-refractivity contribution is 0.249. The van der Waals surface area contributed by atoms with E-state index in [4.69, 9.17) is 11.6 Å². The summed E-state index contributed by atoms with van der Waals surface area (Å²) in [7, 11) is 0. The monoisotopic (exact) mass is 310 g/mol.